The summed E-state index contributed by atoms with van der Waals surface area (Å²) in [4.78, 5) is 25.6. The molecule has 4 aromatic rings. The number of amides is 2. The van der Waals surface area contributed by atoms with Crippen LogP contribution in [0, 0.1) is 22.7 Å². The summed E-state index contributed by atoms with van der Waals surface area (Å²) >= 11 is 1.53. The number of rotatable bonds is 6. The quantitative estimate of drug-likeness (QED) is 0.202. The molecule has 4 rings (SSSR count). The molecule has 0 unspecified atom stereocenters. The highest BCUT2D eigenvalue weighted by atomic mass is 32.2. The van der Waals surface area contributed by atoms with Crippen LogP contribution < -0.4 is 10.6 Å². The molecule has 10 nitrogen and oxygen atoms in total. The Kier molecular flexibility index (Phi) is 12.4. The van der Waals surface area contributed by atoms with Crippen molar-refractivity contribution in [2.24, 2.45) is 0 Å². The van der Waals surface area contributed by atoms with E-state index < -0.39 is 33.2 Å². The van der Waals surface area contributed by atoms with Crippen molar-refractivity contribution in [3.05, 3.63) is 108 Å². The number of hydrogen-bond donors (Lipinski definition) is 2. The zero-order valence-corrected chi connectivity index (χ0v) is 29.0. The molecule has 0 aromatic heterocycles. The molecule has 2 N–H and O–H groups in total. The van der Waals surface area contributed by atoms with Crippen molar-refractivity contribution in [3.63, 3.8) is 0 Å². The molecule has 248 valence electrons. The summed E-state index contributed by atoms with van der Waals surface area (Å²) in [6.45, 7) is 10.7. The maximum Gasteiger partial charge on any atom is 0.412 e. The van der Waals surface area contributed by atoms with Crippen LogP contribution in [-0.4, -0.2) is 31.8 Å². The van der Waals surface area contributed by atoms with E-state index in [0.717, 1.165) is 9.79 Å². The minimum atomic E-state index is -3.81. The molecule has 0 spiro atoms. The van der Waals surface area contributed by atoms with Gasteiger partial charge in [-0.2, -0.15) is 10.5 Å². The van der Waals surface area contributed by atoms with E-state index in [4.69, 9.17) is 20.0 Å². The van der Waals surface area contributed by atoms with Crippen molar-refractivity contribution >= 4 is 45.2 Å². The second kappa shape index (κ2) is 16.0. The van der Waals surface area contributed by atoms with Crippen LogP contribution in [0.3, 0.4) is 0 Å². The Morgan fingerprint density at radius 1 is 0.625 bits per heavy atom. The first-order chi connectivity index (χ1) is 22.5. The van der Waals surface area contributed by atoms with E-state index in [-0.39, 0.29) is 15.4 Å². The van der Waals surface area contributed by atoms with Gasteiger partial charge in [-0.05, 0) is 114 Å². The second-order valence-electron chi connectivity index (χ2n) is 12.2. The lowest BCUT2D eigenvalue weighted by molar-refractivity contribution is 0.0624. The zero-order valence-electron chi connectivity index (χ0n) is 27.4. The summed E-state index contributed by atoms with van der Waals surface area (Å²) in [7, 11) is -3.81. The number of benzene rings is 4. The number of anilines is 2. The van der Waals surface area contributed by atoms with Gasteiger partial charge in [0.2, 0.25) is 9.84 Å². The molecule has 48 heavy (non-hydrogen) atoms. The van der Waals surface area contributed by atoms with Gasteiger partial charge in [-0.1, -0.05) is 36.0 Å². The van der Waals surface area contributed by atoms with Crippen molar-refractivity contribution in [2.75, 3.05) is 10.6 Å². The second-order valence-corrected chi connectivity index (χ2v) is 15.3. The van der Waals surface area contributed by atoms with Gasteiger partial charge < -0.3 is 9.47 Å². The minimum absolute atomic E-state index is 0.0103. The molecule has 0 bridgehead atoms. The highest BCUT2D eigenvalue weighted by molar-refractivity contribution is 7.99. The fourth-order valence-electron chi connectivity index (χ4n) is 3.86. The molecule has 0 aliphatic heterocycles. The Balaban J connectivity index is 0.000000261. The first-order valence-electron chi connectivity index (χ1n) is 14.6. The van der Waals surface area contributed by atoms with Crippen molar-refractivity contribution < 1.29 is 27.5 Å². The standard InChI is InChI=1S/C18H18N2O4S.C18H18N2O2S/c1-18(2,3)24-17(21)20-14-7-5-9-16(11-14)25(22,23)15-8-4-6-13(10-15)12-19;1-18(2,3)22-17(21)20-14-7-5-9-16(11-14)23-15-8-4-6-13(10-15)12-19/h4-11H,1-3H3,(H,20,21);4-11H,1-3H3,(H,20,21). The lowest BCUT2D eigenvalue weighted by Crippen LogP contribution is -2.27. The summed E-state index contributed by atoms with van der Waals surface area (Å²) in [6, 6.07) is 30.5. The van der Waals surface area contributed by atoms with E-state index in [1.165, 1.54) is 54.2 Å². The molecule has 0 saturated heterocycles. The lowest BCUT2D eigenvalue weighted by Gasteiger charge is -2.19. The lowest BCUT2D eigenvalue weighted by atomic mass is 10.2. The SMILES string of the molecule is CC(C)(C)OC(=O)Nc1cccc(S(=O)(=O)c2cccc(C#N)c2)c1.CC(C)(C)OC(=O)Nc1cccc(Sc2cccc(C#N)c2)c1. The van der Waals surface area contributed by atoms with Gasteiger partial charge >= 0.3 is 12.2 Å². The third kappa shape index (κ3) is 12.1. The fourth-order valence-corrected chi connectivity index (χ4v) is 6.14. The maximum atomic E-state index is 12.7. The van der Waals surface area contributed by atoms with Crippen LogP contribution in [0.15, 0.2) is 117 Å². The van der Waals surface area contributed by atoms with Crippen LogP contribution in [0.1, 0.15) is 52.7 Å². The Morgan fingerprint density at radius 3 is 1.56 bits per heavy atom. The molecular formula is C36H36N4O6S2. The van der Waals surface area contributed by atoms with Gasteiger partial charge in [0, 0.05) is 21.2 Å². The van der Waals surface area contributed by atoms with Crippen LogP contribution in [0.25, 0.3) is 0 Å². The number of nitrogens with one attached hydrogen (secondary N) is 2. The van der Waals surface area contributed by atoms with Crippen molar-refractivity contribution in [2.45, 2.75) is 72.3 Å². The molecule has 0 aliphatic rings. The van der Waals surface area contributed by atoms with E-state index in [9.17, 15) is 18.0 Å². The van der Waals surface area contributed by atoms with E-state index in [2.05, 4.69) is 16.7 Å². The van der Waals surface area contributed by atoms with E-state index in [1.807, 2.05) is 63.2 Å². The van der Waals surface area contributed by atoms with Gasteiger partial charge in [-0.3, -0.25) is 10.6 Å². The summed E-state index contributed by atoms with van der Waals surface area (Å²) in [5.41, 5.74) is 0.647. The van der Waals surface area contributed by atoms with Crippen molar-refractivity contribution in [1.29, 1.82) is 10.5 Å². The van der Waals surface area contributed by atoms with Crippen LogP contribution in [0.2, 0.25) is 0 Å². The number of ether oxygens (including phenoxy) is 2. The van der Waals surface area contributed by atoms with Crippen LogP contribution >= 0.6 is 11.8 Å². The number of hydrogen-bond acceptors (Lipinski definition) is 9. The summed E-state index contributed by atoms with van der Waals surface area (Å²) in [6.07, 6.45) is -1.15. The molecule has 12 heteroatoms. The van der Waals surface area contributed by atoms with Gasteiger partial charge in [-0.25, -0.2) is 18.0 Å². The molecule has 0 fully saturated rings. The van der Waals surface area contributed by atoms with Gasteiger partial charge in [0.25, 0.3) is 0 Å². The van der Waals surface area contributed by atoms with Gasteiger partial charge in [-0.15, -0.1) is 0 Å². The average Bonchev–Trinajstić information content (AvgIpc) is 3.00. The minimum Gasteiger partial charge on any atom is -0.444 e. The summed E-state index contributed by atoms with van der Waals surface area (Å²) in [5.74, 6) is 0. The molecule has 4 aromatic carbocycles. The zero-order chi connectivity index (χ0) is 35.5. The van der Waals surface area contributed by atoms with E-state index in [1.54, 1.807) is 39.0 Å². The van der Waals surface area contributed by atoms with Crippen LogP contribution in [0.4, 0.5) is 21.0 Å². The third-order valence-electron chi connectivity index (χ3n) is 5.74. The monoisotopic (exact) mass is 684 g/mol. The first kappa shape index (κ1) is 37.2. The summed E-state index contributed by atoms with van der Waals surface area (Å²) in [5, 5.41) is 23.1. The van der Waals surface area contributed by atoms with Crippen molar-refractivity contribution in [3.8, 4) is 12.1 Å². The maximum absolute atomic E-state index is 12.7. The Bertz CT molecular complexity index is 1970. The number of carbonyl (C=O) groups is 2. The number of nitrogens with zero attached hydrogens (tertiary/aromatic N) is 2. The Hall–Kier alpha value is -5.30. The Labute approximate surface area is 285 Å². The molecule has 0 atom stereocenters. The topological polar surface area (TPSA) is 158 Å². The third-order valence-corrected chi connectivity index (χ3v) is 8.47. The molecule has 0 saturated carbocycles. The van der Waals surface area contributed by atoms with Gasteiger partial charge in [0.1, 0.15) is 11.2 Å². The normalized spacial score (nSPS) is 11.1. The first-order valence-corrected chi connectivity index (χ1v) is 16.9. The van der Waals surface area contributed by atoms with Gasteiger partial charge in [0.05, 0.1) is 33.1 Å². The number of carbonyl (C=O) groups excluding carboxylic acids is 2. The average molecular weight is 685 g/mol. The number of sulfone groups is 1. The summed E-state index contributed by atoms with van der Waals surface area (Å²) < 4.78 is 35.8. The predicted octanol–water partition coefficient (Wildman–Crippen LogP) is 8.79. The fraction of sp³-hybridized carbons (Fsp3) is 0.222. The van der Waals surface area contributed by atoms with E-state index in [0.29, 0.717) is 16.9 Å². The Morgan fingerprint density at radius 2 is 1.04 bits per heavy atom. The molecule has 0 radical (unpaired) electrons. The predicted molar refractivity (Wildman–Crippen MR) is 184 cm³/mol. The van der Waals surface area contributed by atoms with E-state index >= 15 is 0 Å². The number of nitriles is 2. The highest BCUT2D eigenvalue weighted by Gasteiger charge is 2.20. The largest absolute Gasteiger partial charge is 0.444 e. The van der Waals surface area contributed by atoms with Crippen LogP contribution in [-0.2, 0) is 19.3 Å². The molecular weight excluding hydrogens is 649 g/mol. The smallest absolute Gasteiger partial charge is 0.412 e. The highest BCUT2D eigenvalue weighted by Crippen LogP contribution is 2.30. The van der Waals surface area contributed by atoms with Crippen LogP contribution in [0.5, 0.6) is 0 Å². The van der Waals surface area contributed by atoms with Gasteiger partial charge in [0.15, 0.2) is 0 Å². The molecule has 2 amide bonds. The molecule has 0 heterocycles. The van der Waals surface area contributed by atoms with Crippen molar-refractivity contribution in [1.82, 2.24) is 0 Å². The molecule has 0 aliphatic carbocycles.